The Labute approximate surface area is 120 Å². The van der Waals surface area contributed by atoms with E-state index in [0.29, 0.717) is 6.42 Å². The molecule has 0 heterocycles. The van der Waals surface area contributed by atoms with E-state index in [9.17, 15) is 4.79 Å². The fourth-order valence-corrected chi connectivity index (χ4v) is 2.04. The molecule has 0 aromatic heterocycles. The standard InChI is InChI=1S/C17H20N2O/c1-18-13-15-7-10-16(11-8-15)19-17(20)12-9-14-5-3-2-4-6-14/h2-8,10-11,18H,9,12-13H2,1H3,(H,19,20). The molecule has 2 N–H and O–H groups in total. The van der Waals surface area contributed by atoms with Crippen molar-refractivity contribution in [2.24, 2.45) is 0 Å². The highest BCUT2D eigenvalue weighted by Crippen LogP contribution is 2.10. The highest BCUT2D eigenvalue weighted by atomic mass is 16.1. The number of aryl methyl sites for hydroxylation is 1. The van der Waals surface area contributed by atoms with Gasteiger partial charge in [-0.25, -0.2) is 0 Å². The average Bonchev–Trinajstić information content (AvgIpc) is 2.49. The van der Waals surface area contributed by atoms with Gasteiger partial charge in [0.05, 0.1) is 0 Å². The molecule has 0 saturated carbocycles. The molecule has 2 aromatic carbocycles. The average molecular weight is 268 g/mol. The molecule has 0 aliphatic carbocycles. The molecule has 0 aliphatic heterocycles. The van der Waals surface area contributed by atoms with Crippen molar-refractivity contribution in [3.05, 3.63) is 65.7 Å². The minimum atomic E-state index is 0.0511. The van der Waals surface area contributed by atoms with Crippen LogP contribution in [-0.4, -0.2) is 13.0 Å². The van der Waals surface area contributed by atoms with Crippen LogP contribution < -0.4 is 10.6 Å². The minimum absolute atomic E-state index is 0.0511. The van der Waals surface area contributed by atoms with Gasteiger partial charge in [-0.05, 0) is 36.7 Å². The molecule has 3 nitrogen and oxygen atoms in total. The molecule has 1 amide bonds. The van der Waals surface area contributed by atoms with Gasteiger partial charge >= 0.3 is 0 Å². The molecular formula is C17H20N2O. The van der Waals surface area contributed by atoms with E-state index < -0.39 is 0 Å². The molecule has 0 atom stereocenters. The first-order valence-electron chi connectivity index (χ1n) is 6.85. The number of hydrogen-bond donors (Lipinski definition) is 2. The van der Waals surface area contributed by atoms with Crippen molar-refractivity contribution in [1.29, 1.82) is 0 Å². The number of rotatable bonds is 6. The number of benzene rings is 2. The van der Waals surface area contributed by atoms with Crippen molar-refractivity contribution < 1.29 is 4.79 Å². The maximum Gasteiger partial charge on any atom is 0.224 e. The van der Waals surface area contributed by atoms with E-state index in [2.05, 4.69) is 10.6 Å². The molecule has 0 aliphatic rings. The lowest BCUT2D eigenvalue weighted by atomic mass is 10.1. The molecule has 3 heteroatoms. The second-order valence-electron chi connectivity index (χ2n) is 4.76. The number of carbonyl (C=O) groups excluding carboxylic acids is 1. The second kappa shape index (κ2) is 7.46. The summed E-state index contributed by atoms with van der Waals surface area (Å²) >= 11 is 0. The van der Waals surface area contributed by atoms with Crippen LogP contribution in [0, 0.1) is 0 Å². The Bertz CT molecular complexity index is 535. The second-order valence-corrected chi connectivity index (χ2v) is 4.76. The lowest BCUT2D eigenvalue weighted by Gasteiger charge is -2.06. The molecular weight excluding hydrogens is 248 g/mol. The molecule has 0 unspecified atom stereocenters. The van der Waals surface area contributed by atoms with Gasteiger partial charge in [0.25, 0.3) is 0 Å². The molecule has 104 valence electrons. The number of nitrogens with one attached hydrogen (secondary N) is 2. The van der Waals surface area contributed by atoms with E-state index in [-0.39, 0.29) is 5.91 Å². The van der Waals surface area contributed by atoms with Crippen LogP contribution in [0.4, 0.5) is 5.69 Å². The third-order valence-electron chi connectivity index (χ3n) is 3.10. The van der Waals surface area contributed by atoms with Crippen molar-refractivity contribution in [3.63, 3.8) is 0 Å². The summed E-state index contributed by atoms with van der Waals surface area (Å²) in [7, 11) is 1.92. The Morgan fingerprint density at radius 1 is 0.950 bits per heavy atom. The number of anilines is 1. The van der Waals surface area contributed by atoms with Crippen LogP contribution in [0.5, 0.6) is 0 Å². The van der Waals surface area contributed by atoms with Gasteiger partial charge in [-0.15, -0.1) is 0 Å². The van der Waals surface area contributed by atoms with Crippen LogP contribution in [-0.2, 0) is 17.8 Å². The van der Waals surface area contributed by atoms with Crippen molar-refractivity contribution in [2.45, 2.75) is 19.4 Å². The van der Waals surface area contributed by atoms with Gasteiger partial charge in [-0.2, -0.15) is 0 Å². The van der Waals surface area contributed by atoms with E-state index in [0.717, 1.165) is 18.7 Å². The Morgan fingerprint density at radius 3 is 2.30 bits per heavy atom. The minimum Gasteiger partial charge on any atom is -0.326 e. The van der Waals surface area contributed by atoms with E-state index >= 15 is 0 Å². The molecule has 20 heavy (non-hydrogen) atoms. The van der Waals surface area contributed by atoms with E-state index in [1.165, 1.54) is 11.1 Å². The number of hydrogen-bond acceptors (Lipinski definition) is 2. The SMILES string of the molecule is CNCc1ccc(NC(=O)CCc2ccccc2)cc1. The van der Waals surface area contributed by atoms with Crippen LogP contribution in [0.3, 0.4) is 0 Å². The van der Waals surface area contributed by atoms with Crippen LogP contribution in [0.1, 0.15) is 17.5 Å². The predicted molar refractivity (Wildman–Crippen MR) is 82.6 cm³/mol. The fraction of sp³-hybridized carbons (Fsp3) is 0.235. The van der Waals surface area contributed by atoms with Gasteiger partial charge in [0.15, 0.2) is 0 Å². The van der Waals surface area contributed by atoms with Gasteiger partial charge < -0.3 is 10.6 Å². The van der Waals surface area contributed by atoms with Crippen molar-refractivity contribution >= 4 is 11.6 Å². The molecule has 0 bridgehead atoms. The van der Waals surface area contributed by atoms with Gasteiger partial charge in [0.1, 0.15) is 0 Å². The van der Waals surface area contributed by atoms with E-state index in [1.54, 1.807) is 0 Å². The topological polar surface area (TPSA) is 41.1 Å². The van der Waals surface area contributed by atoms with Crippen LogP contribution in [0.2, 0.25) is 0 Å². The maximum atomic E-state index is 11.9. The first kappa shape index (κ1) is 14.3. The lowest BCUT2D eigenvalue weighted by molar-refractivity contribution is -0.116. The monoisotopic (exact) mass is 268 g/mol. The molecule has 0 fully saturated rings. The fourth-order valence-electron chi connectivity index (χ4n) is 2.04. The summed E-state index contributed by atoms with van der Waals surface area (Å²) in [4.78, 5) is 11.9. The van der Waals surface area contributed by atoms with Gasteiger partial charge in [-0.3, -0.25) is 4.79 Å². The largest absolute Gasteiger partial charge is 0.326 e. The summed E-state index contributed by atoms with van der Waals surface area (Å²) in [6.45, 7) is 0.836. The molecule has 2 rings (SSSR count). The molecule has 0 saturated heterocycles. The van der Waals surface area contributed by atoms with Gasteiger partial charge in [-0.1, -0.05) is 42.5 Å². The third kappa shape index (κ3) is 4.52. The van der Waals surface area contributed by atoms with Crippen LogP contribution in [0.25, 0.3) is 0 Å². The third-order valence-corrected chi connectivity index (χ3v) is 3.10. The van der Waals surface area contributed by atoms with Crippen LogP contribution >= 0.6 is 0 Å². The summed E-state index contributed by atoms with van der Waals surface area (Å²) < 4.78 is 0. The zero-order valence-electron chi connectivity index (χ0n) is 11.7. The molecule has 0 radical (unpaired) electrons. The zero-order chi connectivity index (χ0) is 14.2. The van der Waals surface area contributed by atoms with E-state index in [1.807, 2.05) is 61.6 Å². The van der Waals surface area contributed by atoms with Gasteiger partial charge in [0.2, 0.25) is 5.91 Å². The number of amides is 1. The Kier molecular flexibility index (Phi) is 5.33. The van der Waals surface area contributed by atoms with Gasteiger partial charge in [0, 0.05) is 18.7 Å². The zero-order valence-corrected chi connectivity index (χ0v) is 11.7. The highest BCUT2D eigenvalue weighted by molar-refractivity contribution is 5.90. The first-order chi connectivity index (χ1) is 9.78. The van der Waals surface area contributed by atoms with E-state index in [4.69, 9.17) is 0 Å². The predicted octanol–water partition coefficient (Wildman–Crippen LogP) is 2.98. The normalized spacial score (nSPS) is 10.2. The highest BCUT2D eigenvalue weighted by Gasteiger charge is 2.03. The molecule has 2 aromatic rings. The van der Waals surface area contributed by atoms with Crippen molar-refractivity contribution in [2.75, 3.05) is 12.4 Å². The lowest BCUT2D eigenvalue weighted by Crippen LogP contribution is -2.12. The summed E-state index contributed by atoms with van der Waals surface area (Å²) in [5, 5.41) is 6.02. The summed E-state index contributed by atoms with van der Waals surface area (Å²) in [6, 6.07) is 18.0. The quantitative estimate of drug-likeness (QED) is 0.845. The van der Waals surface area contributed by atoms with Crippen molar-refractivity contribution in [3.8, 4) is 0 Å². The van der Waals surface area contributed by atoms with Crippen molar-refractivity contribution in [1.82, 2.24) is 5.32 Å². The maximum absolute atomic E-state index is 11.9. The smallest absolute Gasteiger partial charge is 0.224 e. The number of carbonyl (C=O) groups is 1. The Morgan fingerprint density at radius 2 is 1.65 bits per heavy atom. The Balaban J connectivity index is 1.82. The Hall–Kier alpha value is -2.13. The summed E-state index contributed by atoms with van der Waals surface area (Å²) in [6.07, 6.45) is 1.27. The van der Waals surface area contributed by atoms with Crippen LogP contribution in [0.15, 0.2) is 54.6 Å². The molecule has 0 spiro atoms. The first-order valence-corrected chi connectivity index (χ1v) is 6.85. The summed E-state index contributed by atoms with van der Waals surface area (Å²) in [5.74, 6) is 0.0511. The summed E-state index contributed by atoms with van der Waals surface area (Å²) in [5.41, 5.74) is 3.24.